The van der Waals surface area contributed by atoms with Crippen LogP contribution in [0.25, 0.3) is 0 Å². The fraction of sp³-hybridized carbons (Fsp3) is 0.375. The van der Waals surface area contributed by atoms with Crippen LogP contribution in [0.1, 0.15) is 37.0 Å². The highest BCUT2D eigenvalue weighted by Crippen LogP contribution is 2.37. The van der Waals surface area contributed by atoms with Gasteiger partial charge >= 0.3 is 0 Å². The van der Waals surface area contributed by atoms with Crippen molar-refractivity contribution in [3.05, 3.63) is 52.2 Å². The minimum Gasteiger partial charge on any atom is -0.399 e. The zero-order chi connectivity index (χ0) is 13.5. The van der Waals surface area contributed by atoms with Crippen molar-refractivity contribution in [2.75, 3.05) is 5.73 Å². The van der Waals surface area contributed by atoms with E-state index in [2.05, 4.69) is 52.0 Å². The number of rotatable bonds is 1. The molecule has 1 aliphatic carbocycles. The second-order valence-corrected chi connectivity index (χ2v) is 5.63. The minimum absolute atomic E-state index is 0.0240. The molecule has 96 valence electrons. The Morgan fingerprint density at radius 1 is 1.06 bits per heavy atom. The standard InChI is InChI=1S/C16H22N2/c1-10-7-13(8-11(2)15(10)18)16(4)6-5-14(17)12(3)9-16/h5,7-9H,6,17-18H2,1-4H3. The van der Waals surface area contributed by atoms with E-state index < -0.39 is 0 Å². The summed E-state index contributed by atoms with van der Waals surface area (Å²) in [5.74, 6) is 0. The summed E-state index contributed by atoms with van der Waals surface area (Å²) >= 11 is 0. The van der Waals surface area contributed by atoms with Gasteiger partial charge in [-0.1, -0.05) is 31.2 Å². The molecule has 0 saturated carbocycles. The molecule has 1 unspecified atom stereocenters. The fourth-order valence-electron chi connectivity index (χ4n) is 2.61. The van der Waals surface area contributed by atoms with E-state index in [0.717, 1.165) is 34.5 Å². The number of benzene rings is 1. The van der Waals surface area contributed by atoms with Crippen molar-refractivity contribution in [1.82, 2.24) is 0 Å². The van der Waals surface area contributed by atoms with Gasteiger partial charge in [-0.3, -0.25) is 0 Å². The molecule has 0 amide bonds. The van der Waals surface area contributed by atoms with Gasteiger partial charge in [0.05, 0.1) is 0 Å². The molecule has 18 heavy (non-hydrogen) atoms. The first-order valence-corrected chi connectivity index (χ1v) is 6.36. The van der Waals surface area contributed by atoms with Crippen LogP contribution in [0, 0.1) is 13.8 Å². The van der Waals surface area contributed by atoms with Gasteiger partial charge in [0.2, 0.25) is 0 Å². The molecule has 4 N–H and O–H groups in total. The van der Waals surface area contributed by atoms with E-state index in [1.807, 2.05) is 0 Å². The highest BCUT2D eigenvalue weighted by Gasteiger charge is 2.27. The smallest absolute Gasteiger partial charge is 0.0373 e. The number of aryl methyl sites for hydroxylation is 2. The molecule has 0 spiro atoms. The lowest BCUT2D eigenvalue weighted by atomic mass is 9.74. The van der Waals surface area contributed by atoms with Crippen molar-refractivity contribution >= 4 is 5.69 Å². The third-order valence-electron chi connectivity index (χ3n) is 3.99. The van der Waals surface area contributed by atoms with Crippen LogP contribution in [0.4, 0.5) is 5.69 Å². The molecule has 0 radical (unpaired) electrons. The topological polar surface area (TPSA) is 52.0 Å². The Balaban J connectivity index is 2.50. The summed E-state index contributed by atoms with van der Waals surface area (Å²) in [5.41, 5.74) is 18.6. The van der Waals surface area contributed by atoms with Gasteiger partial charge in [-0.05, 0) is 49.5 Å². The number of hydrogen-bond donors (Lipinski definition) is 2. The predicted octanol–water partition coefficient (Wildman–Crippen LogP) is 3.34. The van der Waals surface area contributed by atoms with E-state index in [9.17, 15) is 0 Å². The number of allylic oxidation sites excluding steroid dienone is 3. The maximum atomic E-state index is 6.03. The van der Waals surface area contributed by atoms with Gasteiger partial charge in [-0.25, -0.2) is 0 Å². The monoisotopic (exact) mass is 242 g/mol. The Labute approximate surface area is 109 Å². The van der Waals surface area contributed by atoms with E-state index >= 15 is 0 Å². The molecular formula is C16H22N2. The summed E-state index contributed by atoms with van der Waals surface area (Å²) < 4.78 is 0. The molecule has 0 aliphatic heterocycles. The van der Waals surface area contributed by atoms with Crippen LogP contribution in [-0.4, -0.2) is 0 Å². The van der Waals surface area contributed by atoms with E-state index in [-0.39, 0.29) is 5.41 Å². The average molecular weight is 242 g/mol. The lowest BCUT2D eigenvalue weighted by Gasteiger charge is -2.31. The molecule has 0 bridgehead atoms. The van der Waals surface area contributed by atoms with E-state index in [4.69, 9.17) is 11.5 Å². The Bertz CT molecular complexity index is 529. The molecule has 1 atom stereocenters. The summed E-state index contributed by atoms with van der Waals surface area (Å²) in [4.78, 5) is 0. The van der Waals surface area contributed by atoms with Crippen molar-refractivity contribution in [2.24, 2.45) is 5.73 Å². The summed E-state index contributed by atoms with van der Waals surface area (Å²) in [6.45, 7) is 8.46. The Kier molecular flexibility index (Phi) is 2.97. The number of hydrogen-bond acceptors (Lipinski definition) is 2. The van der Waals surface area contributed by atoms with E-state index in [1.165, 1.54) is 5.56 Å². The molecule has 0 heterocycles. The normalized spacial score (nSPS) is 23.6. The van der Waals surface area contributed by atoms with E-state index in [0.29, 0.717) is 0 Å². The maximum absolute atomic E-state index is 6.03. The average Bonchev–Trinajstić information content (AvgIpc) is 2.31. The van der Waals surface area contributed by atoms with Crippen molar-refractivity contribution in [3.63, 3.8) is 0 Å². The lowest BCUT2D eigenvalue weighted by Crippen LogP contribution is -2.23. The summed E-state index contributed by atoms with van der Waals surface area (Å²) in [6.07, 6.45) is 5.34. The largest absolute Gasteiger partial charge is 0.399 e. The second-order valence-electron chi connectivity index (χ2n) is 5.63. The van der Waals surface area contributed by atoms with Crippen LogP contribution < -0.4 is 11.5 Å². The van der Waals surface area contributed by atoms with Gasteiger partial charge in [0.25, 0.3) is 0 Å². The molecule has 1 aliphatic rings. The van der Waals surface area contributed by atoms with Gasteiger partial charge in [0.15, 0.2) is 0 Å². The lowest BCUT2D eigenvalue weighted by molar-refractivity contribution is 0.589. The zero-order valence-electron chi connectivity index (χ0n) is 11.7. The first-order chi connectivity index (χ1) is 8.33. The van der Waals surface area contributed by atoms with Gasteiger partial charge in [0, 0.05) is 16.8 Å². The van der Waals surface area contributed by atoms with E-state index in [1.54, 1.807) is 0 Å². The number of anilines is 1. The Morgan fingerprint density at radius 3 is 2.11 bits per heavy atom. The van der Waals surface area contributed by atoms with Crippen LogP contribution in [0.15, 0.2) is 35.6 Å². The SMILES string of the molecule is CC1=CC(C)(c2cc(C)c(N)c(C)c2)CC=C1N. The van der Waals surface area contributed by atoms with Crippen LogP contribution in [-0.2, 0) is 5.41 Å². The van der Waals surface area contributed by atoms with Crippen molar-refractivity contribution in [1.29, 1.82) is 0 Å². The van der Waals surface area contributed by atoms with Gasteiger partial charge in [-0.2, -0.15) is 0 Å². The Morgan fingerprint density at radius 2 is 1.61 bits per heavy atom. The molecule has 1 aromatic carbocycles. The highest BCUT2D eigenvalue weighted by atomic mass is 14.6. The highest BCUT2D eigenvalue weighted by molar-refractivity contribution is 5.56. The molecule has 2 heteroatoms. The van der Waals surface area contributed by atoms with Crippen molar-refractivity contribution in [2.45, 2.75) is 39.5 Å². The molecular weight excluding hydrogens is 220 g/mol. The third-order valence-corrected chi connectivity index (χ3v) is 3.99. The first-order valence-electron chi connectivity index (χ1n) is 6.36. The summed E-state index contributed by atoms with van der Waals surface area (Å²) in [6, 6.07) is 4.39. The van der Waals surface area contributed by atoms with Crippen LogP contribution in [0.2, 0.25) is 0 Å². The van der Waals surface area contributed by atoms with Crippen molar-refractivity contribution in [3.8, 4) is 0 Å². The molecule has 1 aromatic rings. The third kappa shape index (κ3) is 2.03. The van der Waals surface area contributed by atoms with Gasteiger partial charge in [-0.15, -0.1) is 0 Å². The second kappa shape index (κ2) is 4.20. The number of nitrogens with two attached hydrogens (primary N) is 2. The molecule has 0 fully saturated rings. The molecule has 2 rings (SSSR count). The van der Waals surface area contributed by atoms with Crippen molar-refractivity contribution < 1.29 is 0 Å². The summed E-state index contributed by atoms with van der Waals surface area (Å²) in [5, 5.41) is 0. The molecule has 0 saturated heterocycles. The van der Waals surface area contributed by atoms with Gasteiger partial charge < -0.3 is 11.5 Å². The molecule has 0 aromatic heterocycles. The van der Waals surface area contributed by atoms with Crippen LogP contribution >= 0.6 is 0 Å². The number of nitrogen functional groups attached to an aromatic ring is 1. The van der Waals surface area contributed by atoms with Crippen LogP contribution in [0.5, 0.6) is 0 Å². The summed E-state index contributed by atoms with van der Waals surface area (Å²) in [7, 11) is 0. The predicted molar refractivity (Wildman–Crippen MR) is 78.3 cm³/mol. The Hall–Kier alpha value is -1.70. The fourth-order valence-corrected chi connectivity index (χ4v) is 2.61. The first kappa shape index (κ1) is 12.7. The van der Waals surface area contributed by atoms with Crippen LogP contribution in [0.3, 0.4) is 0 Å². The quantitative estimate of drug-likeness (QED) is 0.742. The molecule has 2 nitrogen and oxygen atoms in total. The van der Waals surface area contributed by atoms with Gasteiger partial charge in [0.1, 0.15) is 0 Å². The maximum Gasteiger partial charge on any atom is 0.0373 e. The minimum atomic E-state index is 0.0240. The zero-order valence-corrected chi connectivity index (χ0v) is 11.7.